The Labute approximate surface area is 93.2 Å². The van der Waals surface area contributed by atoms with Gasteiger partial charge in [-0.15, -0.1) is 0 Å². The third-order valence-electron chi connectivity index (χ3n) is 2.14. The number of hydrogen-bond donors (Lipinski definition) is 0. The predicted octanol–water partition coefficient (Wildman–Crippen LogP) is 3.97. The molecule has 0 fully saturated rings. The summed E-state index contributed by atoms with van der Waals surface area (Å²) in [5, 5.41) is 0. The van der Waals surface area contributed by atoms with E-state index in [2.05, 4.69) is 11.7 Å². The summed E-state index contributed by atoms with van der Waals surface area (Å²) in [6.07, 6.45) is -1.13. The average Bonchev–Trinajstić information content (AvgIpc) is 2.24. The minimum Gasteiger partial charge on any atom is -0.484 e. The van der Waals surface area contributed by atoms with E-state index in [-0.39, 0.29) is 5.75 Å². The zero-order chi connectivity index (χ0) is 12.0. The number of halogens is 3. The SMILES string of the molecule is CCCCc1ccc(OCC(F)(F)F)cc1. The number of benzene rings is 1. The topological polar surface area (TPSA) is 9.23 Å². The van der Waals surface area contributed by atoms with Crippen molar-refractivity contribution in [3.63, 3.8) is 0 Å². The molecule has 0 aromatic heterocycles. The monoisotopic (exact) mass is 232 g/mol. The van der Waals surface area contributed by atoms with E-state index >= 15 is 0 Å². The standard InChI is InChI=1S/C12H15F3O/c1-2-3-4-10-5-7-11(8-6-10)16-9-12(13,14)15/h5-8H,2-4,9H2,1H3. The summed E-state index contributed by atoms with van der Waals surface area (Å²) in [5.74, 6) is 0.262. The summed E-state index contributed by atoms with van der Waals surface area (Å²) >= 11 is 0. The summed E-state index contributed by atoms with van der Waals surface area (Å²) in [6, 6.07) is 6.77. The van der Waals surface area contributed by atoms with Gasteiger partial charge in [0.05, 0.1) is 0 Å². The third-order valence-corrected chi connectivity index (χ3v) is 2.14. The Kier molecular flexibility index (Phi) is 4.65. The highest BCUT2D eigenvalue weighted by molar-refractivity contribution is 5.27. The van der Waals surface area contributed by atoms with Crippen LogP contribution in [0.25, 0.3) is 0 Å². The minimum atomic E-state index is -4.28. The second kappa shape index (κ2) is 5.77. The van der Waals surface area contributed by atoms with Crippen molar-refractivity contribution in [2.24, 2.45) is 0 Å². The van der Waals surface area contributed by atoms with E-state index in [0.717, 1.165) is 24.8 Å². The van der Waals surface area contributed by atoms with Crippen LogP contribution in [0.2, 0.25) is 0 Å². The van der Waals surface area contributed by atoms with Crippen molar-refractivity contribution in [2.45, 2.75) is 32.4 Å². The molecule has 1 aromatic carbocycles. The van der Waals surface area contributed by atoms with E-state index in [0.29, 0.717) is 0 Å². The molecule has 0 aliphatic heterocycles. The van der Waals surface area contributed by atoms with E-state index in [9.17, 15) is 13.2 Å². The molecular weight excluding hydrogens is 217 g/mol. The maximum Gasteiger partial charge on any atom is 0.422 e. The third kappa shape index (κ3) is 5.05. The van der Waals surface area contributed by atoms with Gasteiger partial charge in [0.1, 0.15) is 5.75 Å². The highest BCUT2D eigenvalue weighted by atomic mass is 19.4. The van der Waals surface area contributed by atoms with Crippen molar-refractivity contribution < 1.29 is 17.9 Å². The Bertz CT molecular complexity index is 303. The molecule has 0 unspecified atom stereocenters. The van der Waals surface area contributed by atoms with Gasteiger partial charge in [0.2, 0.25) is 0 Å². The minimum absolute atomic E-state index is 0.262. The Morgan fingerprint density at radius 2 is 1.75 bits per heavy atom. The first-order chi connectivity index (χ1) is 7.51. The smallest absolute Gasteiger partial charge is 0.422 e. The van der Waals surface area contributed by atoms with Crippen LogP contribution < -0.4 is 4.74 Å². The van der Waals surface area contributed by atoms with E-state index in [4.69, 9.17) is 0 Å². The molecular formula is C12H15F3O. The molecule has 0 heterocycles. The average molecular weight is 232 g/mol. The van der Waals surface area contributed by atoms with Gasteiger partial charge in [-0.05, 0) is 30.5 Å². The van der Waals surface area contributed by atoms with Gasteiger partial charge in [0, 0.05) is 0 Å². The normalized spacial score (nSPS) is 11.5. The summed E-state index contributed by atoms with van der Waals surface area (Å²) in [6.45, 7) is 0.863. The number of alkyl halides is 3. The molecule has 0 spiro atoms. The van der Waals surface area contributed by atoms with Crippen LogP contribution >= 0.6 is 0 Å². The van der Waals surface area contributed by atoms with Crippen molar-refractivity contribution in [1.29, 1.82) is 0 Å². The second-order valence-electron chi connectivity index (χ2n) is 3.65. The molecule has 90 valence electrons. The maximum atomic E-state index is 11.9. The van der Waals surface area contributed by atoms with Gasteiger partial charge in [0.25, 0.3) is 0 Å². The Morgan fingerprint density at radius 3 is 2.25 bits per heavy atom. The van der Waals surface area contributed by atoms with Crippen molar-refractivity contribution in [1.82, 2.24) is 0 Å². The zero-order valence-electron chi connectivity index (χ0n) is 9.18. The van der Waals surface area contributed by atoms with Crippen LogP contribution in [0.5, 0.6) is 5.75 Å². The van der Waals surface area contributed by atoms with Crippen LogP contribution in [-0.4, -0.2) is 12.8 Å². The first-order valence-electron chi connectivity index (χ1n) is 5.30. The fourth-order valence-electron chi connectivity index (χ4n) is 1.30. The van der Waals surface area contributed by atoms with Crippen LogP contribution in [0.15, 0.2) is 24.3 Å². The largest absolute Gasteiger partial charge is 0.484 e. The maximum absolute atomic E-state index is 11.9. The lowest BCUT2D eigenvalue weighted by molar-refractivity contribution is -0.153. The Morgan fingerprint density at radius 1 is 1.12 bits per heavy atom. The number of hydrogen-bond acceptors (Lipinski definition) is 1. The molecule has 0 N–H and O–H groups in total. The summed E-state index contributed by atoms with van der Waals surface area (Å²) in [7, 11) is 0. The number of unbranched alkanes of at least 4 members (excludes halogenated alkanes) is 1. The molecule has 0 aliphatic carbocycles. The number of ether oxygens (including phenoxy) is 1. The molecule has 0 bridgehead atoms. The van der Waals surface area contributed by atoms with E-state index in [1.807, 2.05) is 0 Å². The molecule has 0 saturated heterocycles. The Balaban J connectivity index is 2.45. The van der Waals surface area contributed by atoms with Crippen LogP contribution in [0, 0.1) is 0 Å². The van der Waals surface area contributed by atoms with Gasteiger partial charge in [-0.25, -0.2) is 0 Å². The molecule has 1 aromatic rings. The fourth-order valence-corrected chi connectivity index (χ4v) is 1.30. The number of rotatable bonds is 5. The molecule has 1 nitrogen and oxygen atoms in total. The first kappa shape index (κ1) is 12.9. The van der Waals surface area contributed by atoms with Gasteiger partial charge in [-0.2, -0.15) is 13.2 Å². The lowest BCUT2D eigenvalue weighted by Crippen LogP contribution is -2.19. The van der Waals surface area contributed by atoms with Gasteiger partial charge >= 0.3 is 6.18 Å². The molecule has 0 radical (unpaired) electrons. The van der Waals surface area contributed by atoms with Gasteiger partial charge in [-0.1, -0.05) is 25.5 Å². The lowest BCUT2D eigenvalue weighted by Gasteiger charge is -2.09. The molecule has 1 rings (SSSR count). The fraction of sp³-hybridized carbons (Fsp3) is 0.500. The van der Waals surface area contributed by atoms with Crippen LogP contribution in [0.1, 0.15) is 25.3 Å². The summed E-state index contributed by atoms with van der Waals surface area (Å²) in [4.78, 5) is 0. The molecule has 4 heteroatoms. The molecule has 0 aliphatic rings. The predicted molar refractivity (Wildman–Crippen MR) is 56.6 cm³/mol. The molecule has 0 amide bonds. The van der Waals surface area contributed by atoms with Crippen molar-refractivity contribution >= 4 is 0 Å². The van der Waals surface area contributed by atoms with Crippen molar-refractivity contribution in [3.8, 4) is 5.75 Å². The highest BCUT2D eigenvalue weighted by Gasteiger charge is 2.28. The highest BCUT2D eigenvalue weighted by Crippen LogP contribution is 2.19. The molecule has 16 heavy (non-hydrogen) atoms. The van der Waals surface area contributed by atoms with Gasteiger partial charge in [0.15, 0.2) is 6.61 Å². The van der Waals surface area contributed by atoms with E-state index in [1.165, 1.54) is 0 Å². The van der Waals surface area contributed by atoms with Gasteiger partial charge < -0.3 is 4.74 Å². The zero-order valence-corrected chi connectivity index (χ0v) is 9.18. The van der Waals surface area contributed by atoms with Crippen molar-refractivity contribution in [3.05, 3.63) is 29.8 Å². The number of aryl methyl sites for hydroxylation is 1. The Hall–Kier alpha value is -1.19. The van der Waals surface area contributed by atoms with Crippen LogP contribution in [0.4, 0.5) is 13.2 Å². The van der Waals surface area contributed by atoms with E-state index < -0.39 is 12.8 Å². The first-order valence-corrected chi connectivity index (χ1v) is 5.30. The lowest BCUT2D eigenvalue weighted by atomic mass is 10.1. The molecule has 0 saturated carbocycles. The van der Waals surface area contributed by atoms with E-state index in [1.54, 1.807) is 24.3 Å². The summed E-state index contributed by atoms with van der Waals surface area (Å²) < 4.78 is 40.2. The van der Waals surface area contributed by atoms with Gasteiger partial charge in [-0.3, -0.25) is 0 Å². The van der Waals surface area contributed by atoms with Crippen LogP contribution in [0.3, 0.4) is 0 Å². The quantitative estimate of drug-likeness (QED) is 0.746. The summed E-state index contributed by atoms with van der Waals surface area (Å²) in [5.41, 5.74) is 1.13. The molecule has 0 atom stereocenters. The second-order valence-corrected chi connectivity index (χ2v) is 3.65. The van der Waals surface area contributed by atoms with Crippen molar-refractivity contribution in [2.75, 3.05) is 6.61 Å². The van der Waals surface area contributed by atoms with Crippen LogP contribution in [-0.2, 0) is 6.42 Å².